The molecule has 1 aliphatic heterocycles. The molecule has 0 atom stereocenters. The minimum Gasteiger partial charge on any atom is -0.497 e. The molecule has 1 fully saturated rings. The van der Waals surface area contributed by atoms with Gasteiger partial charge in [0.15, 0.2) is 0 Å². The number of piperidine rings is 1. The van der Waals surface area contributed by atoms with Crippen LogP contribution in [0, 0.1) is 5.92 Å². The Labute approximate surface area is 184 Å². The second-order valence-electron chi connectivity index (χ2n) is 8.84. The number of likely N-dealkylation sites (tertiary alicyclic amines) is 1. The van der Waals surface area contributed by atoms with Crippen LogP contribution >= 0.6 is 0 Å². The molecule has 0 radical (unpaired) electrons. The van der Waals surface area contributed by atoms with Gasteiger partial charge in [0, 0.05) is 32.6 Å². The molecule has 0 spiro atoms. The molecule has 0 unspecified atom stereocenters. The molecule has 1 aliphatic rings. The zero-order valence-electron chi connectivity index (χ0n) is 19.0. The minimum atomic E-state index is -0.556. The molecule has 8 nitrogen and oxygen atoms in total. The first-order chi connectivity index (χ1) is 14.7. The fraction of sp³-hybridized carbons (Fsp3) is 0.609. The van der Waals surface area contributed by atoms with Crippen molar-refractivity contribution < 1.29 is 23.9 Å². The molecular formula is C23H35N3O5. The number of hydrogen-bond donors (Lipinski definition) is 2. The van der Waals surface area contributed by atoms with Crippen molar-refractivity contribution in [1.29, 1.82) is 0 Å². The normalized spacial score (nSPS) is 14.6. The van der Waals surface area contributed by atoms with Gasteiger partial charge in [0.2, 0.25) is 11.8 Å². The number of benzene rings is 1. The fourth-order valence-corrected chi connectivity index (χ4v) is 3.42. The summed E-state index contributed by atoms with van der Waals surface area (Å²) in [6.07, 6.45) is 1.76. The van der Waals surface area contributed by atoms with Crippen molar-refractivity contribution in [2.24, 2.45) is 5.92 Å². The van der Waals surface area contributed by atoms with Gasteiger partial charge in [-0.25, -0.2) is 4.79 Å². The monoisotopic (exact) mass is 433 g/mol. The van der Waals surface area contributed by atoms with Gasteiger partial charge in [-0.15, -0.1) is 0 Å². The maximum atomic E-state index is 12.3. The van der Waals surface area contributed by atoms with Gasteiger partial charge >= 0.3 is 6.09 Å². The Hall–Kier alpha value is -2.77. The highest BCUT2D eigenvalue weighted by atomic mass is 16.6. The highest BCUT2D eigenvalue weighted by Crippen LogP contribution is 2.17. The molecule has 1 saturated heterocycles. The van der Waals surface area contributed by atoms with Crippen LogP contribution < -0.4 is 15.4 Å². The van der Waals surface area contributed by atoms with E-state index < -0.39 is 11.7 Å². The lowest BCUT2D eigenvalue weighted by atomic mass is 9.96. The minimum absolute atomic E-state index is 0.0139. The highest BCUT2D eigenvalue weighted by Gasteiger charge is 2.23. The summed E-state index contributed by atoms with van der Waals surface area (Å²) >= 11 is 0. The van der Waals surface area contributed by atoms with E-state index in [-0.39, 0.29) is 24.8 Å². The summed E-state index contributed by atoms with van der Waals surface area (Å²) < 4.78 is 10.3. The van der Waals surface area contributed by atoms with Gasteiger partial charge in [0.1, 0.15) is 11.4 Å². The number of methoxy groups -OCH3 is 1. The Morgan fingerprint density at radius 3 is 2.48 bits per heavy atom. The van der Waals surface area contributed by atoms with E-state index in [1.807, 2.05) is 29.2 Å². The highest BCUT2D eigenvalue weighted by molar-refractivity contribution is 5.79. The van der Waals surface area contributed by atoms with E-state index in [0.717, 1.165) is 24.2 Å². The molecule has 3 amide bonds. The van der Waals surface area contributed by atoms with Crippen molar-refractivity contribution in [2.45, 2.75) is 52.1 Å². The van der Waals surface area contributed by atoms with Gasteiger partial charge in [-0.05, 0) is 57.2 Å². The molecule has 2 rings (SSSR count). The van der Waals surface area contributed by atoms with E-state index in [1.165, 1.54) is 0 Å². The predicted molar refractivity (Wildman–Crippen MR) is 118 cm³/mol. The second-order valence-corrected chi connectivity index (χ2v) is 8.84. The van der Waals surface area contributed by atoms with Crippen LogP contribution in [0.1, 0.15) is 45.6 Å². The van der Waals surface area contributed by atoms with E-state index in [4.69, 9.17) is 9.47 Å². The van der Waals surface area contributed by atoms with Crippen LogP contribution in [-0.4, -0.2) is 61.7 Å². The van der Waals surface area contributed by atoms with Crippen molar-refractivity contribution in [3.8, 4) is 5.75 Å². The summed E-state index contributed by atoms with van der Waals surface area (Å²) in [4.78, 5) is 38.0. The first kappa shape index (κ1) is 24.5. The van der Waals surface area contributed by atoms with Crippen molar-refractivity contribution >= 4 is 17.9 Å². The summed E-state index contributed by atoms with van der Waals surface area (Å²) in [5.74, 6) is 1.11. The molecule has 0 saturated carbocycles. The first-order valence-electron chi connectivity index (χ1n) is 10.8. The summed E-state index contributed by atoms with van der Waals surface area (Å²) in [7, 11) is 1.60. The fourth-order valence-electron chi connectivity index (χ4n) is 3.42. The molecule has 0 aliphatic carbocycles. The third-order valence-electron chi connectivity index (χ3n) is 5.06. The van der Waals surface area contributed by atoms with E-state index in [9.17, 15) is 14.4 Å². The Kier molecular flexibility index (Phi) is 9.15. The number of alkyl carbamates (subject to hydrolysis) is 1. The molecule has 8 heteroatoms. The summed E-state index contributed by atoms with van der Waals surface area (Å²) in [5, 5.41) is 5.62. The molecule has 0 bridgehead atoms. The zero-order chi connectivity index (χ0) is 22.9. The lowest BCUT2D eigenvalue weighted by molar-refractivity contribution is -0.132. The van der Waals surface area contributed by atoms with Crippen LogP contribution in [0.25, 0.3) is 0 Å². The SMILES string of the molecule is COc1cccc(CC(=O)NCC2CCN(C(=O)CCNC(=O)OC(C)(C)C)CC2)c1. The molecule has 1 aromatic rings. The van der Waals surface area contributed by atoms with E-state index in [0.29, 0.717) is 32.0 Å². The number of nitrogens with zero attached hydrogens (tertiary/aromatic N) is 1. The quantitative estimate of drug-likeness (QED) is 0.657. The number of carbonyl (C=O) groups excluding carboxylic acids is 3. The maximum absolute atomic E-state index is 12.3. The molecule has 172 valence electrons. The molecule has 1 heterocycles. The average Bonchev–Trinajstić information content (AvgIpc) is 2.71. The van der Waals surface area contributed by atoms with Gasteiger partial charge in [-0.1, -0.05) is 12.1 Å². The Balaban J connectivity index is 1.62. The summed E-state index contributed by atoms with van der Waals surface area (Å²) in [5.41, 5.74) is 0.358. The number of nitrogens with one attached hydrogen (secondary N) is 2. The number of hydrogen-bond acceptors (Lipinski definition) is 5. The standard InChI is InChI=1S/C23H35N3O5/c1-23(2,3)31-22(29)24-11-8-21(28)26-12-9-17(10-13-26)16-25-20(27)15-18-6-5-7-19(14-18)30-4/h5-7,14,17H,8-13,15-16H2,1-4H3,(H,24,29)(H,25,27). The average molecular weight is 434 g/mol. The number of amides is 3. The summed E-state index contributed by atoms with van der Waals surface area (Å²) in [6, 6.07) is 7.49. The van der Waals surface area contributed by atoms with Crippen molar-refractivity contribution in [1.82, 2.24) is 15.5 Å². The lowest BCUT2D eigenvalue weighted by Gasteiger charge is -2.32. The third-order valence-corrected chi connectivity index (χ3v) is 5.06. The van der Waals surface area contributed by atoms with Gasteiger partial charge in [0.05, 0.1) is 13.5 Å². The van der Waals surface area contributed by atoms with Gasteiger partial charge in [0.25, 0.3) is 0 Å². The van der Waals surface area contributed by atoms with Crippen molar-refractivity contribution in [3.63, 3.8) is 0 Å². The second kappa shape index (κ2) is 11.6. The third kappa shape index (κ3) is 9.27. The van der Waals surface area contributed by atoms with Crippen LogP contribution in [0.15, 0.2) is 24.3 Å². The lowest BCUT2D eigenvalue weighted by Crippen LogP contribution is -2.43. The largest absolute Gasteiger partial charge is 0.497 e. The predicted octanol–water partition coefficient (Wildman–Crippen LogP) is 2.51. The topological polar surface area (TPSA) is 97.0 Å². The molecule has 0 aromatic heterocycles. The van der Waals surface area contributed by atoms with Crippen LogP contribution in [-0.2, 0) is 20.7 Å². The van der Waals surface area contributed by atoms with E-state index >= 15 is 0 Å². The van der Waals surface area contributed by atoms with Gasteiger partial charge in [-0.2, -0.15) is 0 Å². The number of rotatable bonds is 8. The van der Waals surface area contributed by atoms with Crippen LogP contribution in [0.2, 0.25) is 0 Å². The van der Waals surface area contributed by atoms with Crippen molar-refractivity contribution in [2.75, 3.05) is 33.3 Å². The van der Waals surface area contributed by atoms with Gasteiger partial charge < -0.3 is 25.0 Å². The zero-order valence-corrected chi connectivity index (χ0v) is 19.0. The Morgan fingerprint density at radius 1 is 1.13 bits per heavy atom. The Bertz CT molecular complexity index is 752. The van der Waals surface area contributed by atoms with Crippen molar-refractivity contribution in [3.05, 3.63) is 29.8 Å². The molecule has 2 N–H and O–H groups in total. The number of carbonyl (C=O) groups is 3. The smallest absolute Gasteiger partial charge is 0.407 e. The van der Waals surface area contributed by atoms with Gasteiger partial charge in [-0.3, -0.25) is 9.59 Å². The summed E-state index contributed by atoms with van der Waals surface area (Å²) in [6.45, 7) is 7.60. The van der Waals surface area contributed by atoms with Crippen LogP contribution in [0.5, 0.6) is 5.75 Å². The molecule has 31 heavy (non-hydrogen) atoms. The Morgan fingerprint density at radius 2 is 1.84 bits per heavy atom. The van der Waals surface area contributed by atoms with Crippen LogP contribution in [0.4, 0.5) is 4.79 Å². The van der Waals surface area contributed by atoms with E-state index in [1.54, 1.807) is 27.9 Å². The molecule has 1 aromatic carbocycles. The van der Waals surface area contributed by atoms with E-state index in [2.05, 4.69) is 10.6 Å². The first-order valence-corrected chi connectivity index (χ1v) is 10.8. The number of ether oxygens (including phenoxy) is 2. The maximum Gasteiger partial charge on any atom is 0.407 e. The van der Waals surface area contributed by atoms with Crippen LogP contribution in [0.3, 0.4) is 0 Å². The molecular weight excluding hydrogens is 398 g/mol.